The van der Waals surface area contributed by atoms with Gasteiger partial charge in [-0.3, -0.25) is 4.79 Å². The number of aryl methyl sites for hydroxylation is 1. The lowest BCUT2D eigenvalue weighted by atomic mass is 10.2. The number of carbonyl (C=O) groups excluding carboxylic acids is 1. The molecular formula is C30H27N3O5S. The fourth-order valence-electron chi connectivity index (χ4n) is 3.77. The Morgan fingerprint density at radius 2 is 1.67 bits per heavy atom. The van der Waals surface area contributed by atoms with Gasteiger partial charge < -0.3 is 14.5 Å². The topological polar surface area (TPSA) is 113 Å². The molecule has 0 radical (unpaired) electrons. The van der Waals surface area contributed by atoms with Gasteiger partial charge in [0, 0.05) is 18.3 Å². The van der Waals surface area contributed by atoms with E-state index >= 15 is 0 Å². The van der Waals surface area contributed by atoms with Crippen LogP contribution in [0, 0.1) is 18.3 Å². The summed E-state index contributed by atoms with van der Waals surface area (Å²) in [4.78, 5) is 12.8. The molecule has 39 heavy (non-hydrogen) atoms. The molecule has 0 aliphatic heterocycles. The van der Waals surface area contributed by atoms with Gasteiger partial charge in [-0.05, 0) is 61.0 Å². The number of carbonyl (C=O) groups is 1. The summed E-state index contributed by atoms with van der Waals surface area (Å²) in [6.45, 7) is 1.98. The lowest BCUT2D eigenvalue weighted by molar-refractivity contribution is -0.112. The van der Waals surface area contributed by atoms with Crippen LogP contribution in [0.2, 0.25) is 0 Å². The number of anilines is 1. The van der Waals surface area contributed by atoms with Crippen LogP contribution >= 0.6 is 0 Å². The Morgan fingerprint density at radius 1 is 0.974 bits per heavy atom. The van der Waals surface area contributed by atoms with Crippen LogP contribution in [0.4, 0.5) is 5.69 Å². The molecule has 4 rings (SSSR count). The third-order valence-corrected chi connectivity index (χ3v) is 7.68. The molecule has 0 bridgehead atoms. The average Bonchev–Trinajstić information content (AvgIpc) is 3.39. The van der Waals surface area contributed by atoms with E-state index in [-0.39, 0.29) is 29.3 Å². The predicted molar refractivity (Wildman–Crippen MR) is 148 cm³/mol. The van der Waals surface area contributed by atoms with E-state index in [9.17, 15) is 18.5 Å². The van der Waals surface area contributed by atoms with E-state index in [2.05, 4.69) is 5.32 Å². The minimum Gasteiger partial charge on any atom is -0.497 e. The van der Waals surface area contributed by atoms with Crippen molar-refractivity contribution in [2.24, 2.45) is 0 Å². The van der Waals surface area contributed by atoms with Gasteiger partial charge in [-0.25, -0.2) is 8.42 Å². The average molecular weight is 542 g/mol. The highest BCUT2D eigenvalue weighted by atomic mass is 32.2. The van der Waals surface area contributed by atoms with Crippen molar-refractivity contribution in [1.82, 2.24) is 4.31 Å². The zero-order valence-electron chi connectivity index (χ0n) is 21.5. The van der Waals surface area contributed by atoms with Crippen molar-refractivity contribution < 1.29 is 22.4 Å². The fourth-order valence-corrected chi connectivity index (χ4v) is 5.16. The number of nitriles is 1. The second-order valence-corrected chi connectivity index (χ2v) is 10.7. The van der Waals surface area contributed by atoms with Gasteiger partial charge in [0.15, 0.2) is 0 Å². The van der Waals surface area contributed by atoms with E-state index in [0.29, 0.717) is 17.2 Å². The fraction of sp³-hybridized carbons (Fsp3) is 0.133. The maximum atomic E-state index is 13.6. The first-order chi connectivity index (χ1) is 18.8. The zero-order chi connectivity index (χ0) is 27.8. The van der Waals surface area contributed by atoms with Crippen molar-refractivity contribution in [3.05, 3.63) is 119 Å². The molecule has 8 nitrogen and oxygen atoms in total. The van der Waals surface area contributed by atoms with E-state index < -0.39 is 15.9 Å². The quantitative estimate of drug-likeness (QED) is 0.209. The van der Waals surface area contributed by atoms with Crippen LogP contribution in [0.1, 0.15) is 22.6 Å². The Bertz CT molecular complexity index is 1600. The third kappa shape index (κ3) is 7.02. The molecule has 0 fully saturated rings. The lowest BCUT2D eigenvalue weighted by Gasteiger charge is -2.21. The van der Waals surface area contributed by atoms with Gasteiger partial charge in [-0.15, -0.1) is 0 Å². The second-order valence-electron chi connectivity index (χ2n) is 8.73. The van der Waals surface area contributed by atoms with Gasteiger partial charge in [0.1, 0.15) is 28.9 Å². The molecule has 1 N–H and O–H groups in total. The summed E-state index contributed by atoms with van der Waals surface area (Å²) >= 11 is 0. The first-order valence-electron chi connectivity index (χ1n) is 12.0. The summed E-state index contributed by atoms with van der Waals surface area (Å²) in [5, 5.41) is 12.2. The molecular weight excluding hydrogens is 514 g/mol. The van der Waals surface area contributed by atoms with Crippen LogP contribution in [0.15, 0.2) is 106 Å². The van der Waals surface area contributed by atoms with Crippen molar-refractivity contribution in [3.8, 4) is 11.8 Å². The van der Waals surface area contributed by atoms with Crippen LogP contribution in [-0.4, -0.2) is 25.7 Å². The number of hydrogen-bond acceptors (Lipinski definition) is 6. The number of sulfonamides is 1. The first kappa shape index (κ1) is 27.4. The van der Waals surface area contributed by atoms with Crippen molar-refractivity contribution in [2.75, 3.05) is 12.4 Å². The number of nitrogens with zero attached hydrogens (tertiary/aromatic N) is 2. The summed E-state index contributed by atoms with van der Waals surface area (Å²) in [6, 6.07) is 27.8. The van der Waals surface area contributed by atoms with Crippen molar-refractivity contribution in [3.63, 3.8) is 0 Å². The van der Waals surface area contributed by atoms with E-state index in [1.807, 2.05) is 43.3 Å². The molecule has 0 aliphatic carbocycles. The smallest absolute Gasteiger partial charge is 0.266 e. The molecule has 0 saturated heterocycles. The van der Waals surface area contributed by atoms with Gasteiger partial charge in [0.25, 0.3) is 5.91 Å². The SMILES string of the molecule is COc1ccc(NC(=O)/C(C#N)=C\c2ccc(CN(Cc3ccccc3)S(=O)(=O)c3ccc(C)cc3)o2)cc1. The summed E-state index contributed by atoms with van der Waals surface area (Å²) in [5.41, 5.74) is 2.11. The Morgan fingerprint density at radius 3 is 2.31 bits per heavy atom. The van der Waals surface area contributed by atoms with Crippen LogP contribution in [0.3, 0.4) is 0 Å². The maximum Gasteiger partial charge on any atom is 0.266 e. The normalized spacial score (nSPS) is 11.7. The molecule has 0 spiro atoms. The molecule has 4 aromatic rings. The largest absolute Gasteiger partial charge is 0.497 e. The monoisotopic (exact) mass is 541 g/mol. The van der Waals surface area contributed by atoms with Crippen LogP contribution in [0.25, 0.3) is 6.08 Å². The van der Waals surface area contributed by atoms with Gasteiger partial charge in [-0.1, -0.05) is 48.0 Å². The minimum absolute atomic E-state index is 0.0428. The van der Waals surface area contributed by atoms with Crippen molar-refractivity contribution in [2.45, 2.75) is 24.9 Å². The van der Waals surface area contributed by atoms with E-state index in [4.69, 9.17) is 9.15 Å². The zero-order valence-corrected chi connectivity index (χ0v) is 22.3. The minimum atomic E-state index is -3.85. The Balaban J connectivity index is 1.55. The standard InChI is InChI=1S/C30H27N3O5S/c1-22-8-16-29(17-9-22)39(35,36)33(20-23-6-4-3-5-7-23)21-28-15-14-27(38-28)18-24(19-31)30(34)32-25-10-12-26(37-2)13-11-25/h3-18H,20-21H2,1-2H3,(H,32,34)/b24-18-. The Labute approximate surface area is 227 Å². The number of ether oxygens (including phenoxy) is 1. The van der Waals surface area contributed by atoms with E-state index in [1.54, 1.807) is 67.8 Å². The van der Waals surface area contributed by atoms with E-state index in [0.717, 1.165) is 11.1 Å². The number of nitrogens with one attached hydrogen (secondary N) is 1. The number of rotatable bonds is 10. The molecule has 3 aromatic carbocycles. The lowest BCUT2D eigenvalue weighted by Crippen LogP contribution is -2.30. The summed E-state index contributed by atoms with van der Waals surface area (Å²) < 4.78 is 39.4. The Kier molecular flexibility index (Phi) is 8.61. The molecule has 0 saturated carbocycles. The number of hydrogen-bond donors (Lipinski definition) is 1. The molecule has 0 atom stereocenters. The highest BCUT2D eigenvalue weighted by molar-refractivity contribution is 7.89. The molecule has 1 heterocycles. The summed E-state index contributed by atoms with van der Waals surface area (Å²) in [6.07, 6.45) is 1.32. The molecule has 1 aromatic heterocycles. The Hall–Kier alpha value is -4.65. The molecule has 1 amide bonds. The second kappa shape index (κ2) is 12.3. The molecule has 0 unspecified atom stereocenters. The highest BCUT2D eigenvalue weighted by Gasteiger charge is 2.26. The number of methoxy groups -OCH3 is 1. The molecule has 0 aliphatic rings. The number of benzene rings is 3. The summed E-state index contributed by atoms with van der Waals surface area (Å²) in [5.74, 6) is 0.644. The van der Waals surface area contributed by atoms with Crippen molar-refractivity contribution >= 4 is 27.7 Å². The van der Waals surface area contributed by atoms with Gasteiger partial charge in [-0.2, -0.15) is 9.57 Å². The number of furan rings is 1. The van der Waals surface area contributed by atoms with Gasteiger partial charge in [0.05, 0.1) is 18.6 Å². The molecule has 9 heteroatoms. The van der Waals surface area contributed by atoms with Gasteiger partial charge in [0.2, 0.25) is 10.0 Å². The van der Waals surface area contributed by atoms with Gasteiger partial charge >= 0.3 is 0 Å². The predicted octanol–water partition coefficient (Wildman–Crippen LogP) is 5.53. The van der Waals surface area contributed by atoms with Crippen LogP contribution in [0.5, 0.6) is 5.75 Å². The highest BCUT2D eigenvalue weighted by Crippen LogP contribution is 2.23. The van der Waals surface area contributed by atoms with E-state index in [1.165, 1.54) is 10.4 Å². The van der Waals surface area contributed by atoms with Crippen LogP contribution < -0.4 is 10.1 Å². The molecule has 198 valence electrons. The number of amides is 1. The summed E-state index contributed by atoms with van der Waals surface area (Å²) in [7, 11) is -2.31. The first-order valence-corrected chi connectivity index (χ1v) is 13.5. The van der Waals surface area contributed by atoms with Crippen LogP contribution in [-0.2, 0) is 27.9 Å². The van der Waals surface area contributed by atoms with Crippen molar-refractivity contribution in [1.29, 1.82) is 5.26 Å². The third-order valence-electron chi connectivity index (χ3n) is 5.87. The maximum absolute atomic E-state index is 13.6.